The Morgan fingerprint density at radius 1 is 0.818 bits per heavy atom. The Labute approximate surface area is 141 Å². The molecule has 22 heavy (non-hydrogen) atoms. The lowest BCUT2D eigenvalue weighted by molar-refractivity contribution is -0.124. The Morgan fingerprint density at radius 2 is 1.14 bits per heavy atom. The second-order valence-electron chi connectivity index (χ2n) is 6.81. The van der Waals surface area contributed by atoms with E-state index in [0.29, 0.717) is 4.24 Å². The molecule has 0 aromatic rings. The lowest BCUT2D eigenvalue weighted by Gasteiger charge is -2.18. The summed E-state index contributed by atoms with van der Waals surface area (Å²) in [5.74, 6) is 0.436. The van der Waals surface area contributed by atoms with Gasteiger partial charge in [0.05, 0.1) is 15.7 Å². The van der Waals surface area contributed by atoms with Crippen LogP contribution in [0.2, 0.25) is 0 Å². The van der Waals surface area contributed by atoms with E-state index in [1.807, 2.05) is 53.7 Å². The van der Waals surface area contributed by atoms with E-state index >= 15 is 0 Å². The zero-order chi connectivity index (χ0) is 17.6. The quantitative estimate of drug-likeness (QED) is 0.682. The van der Waals surface area contributed by atoms with Crippen LogP contribution >= 0.6 is 23.5 Å². The number of Topliss-reactive ketones (excluding diaryl/α,β-unsaturated/α-hetero) is 2. The fraction of sp³-hybridized carbons (Fsp3) is 0.625. The van der Waals surface area contributed by atoms with Gasteiger partial charge in [-0.3, -0.25) is 9.59 Å². The lowest BCUT2D eigenvalue weighted by Crippen LogP contribution is -2.23. The number of hydrogen-bond donors (Lipinski definition) is 0. The van der Waals surface area contributed by atoms with Crippen LogP contribution in [-0.4, -0.2) is 23.1 Å². The molecular formula is C16H22N2O2S2. The highest BCUT2D eigenvalue weighted by Crippen LogP contribution is 2.34. The Morgan fingerprint density at radius 3 is 1.36 bits per heavy atom. The topological polar surface area (TPSA) is 81.7 Å². The Kier molecular flexibility index (Phi) is 7.93. The van der Waals surface area contributed by atoms with Crippen molar-refractivity contribution < 1.29 is 9.59 Å². The van der Waals surface area contributed by atoms with Gasteiger partial charge >= 0.3 is 0 Å². The fourth-order valence-electron chi connectivity index (χ4n) is 0.997. The molecule has 0 bridgehead atoms. The number of hydrogen-bond acceptors (Lipinski definition) is 6. The van der Waals surface area contributed by atoms with Crippen molar-refractivity contribution in [3.63, 3.8) is 0 Å². The van der Waals surface area contributed by atoms with E-state index in [1.54, 1.807) is 0 Å². The second-order valence-corrected chi connectivity index (χ2v) is 9.04. The summed E-state index contributed by atoms with van der Waals surface area (Å²) < 4.78 is 0.445. The fourth-order valence-corrected chi connectivity index (χ4v) is 3.55. The Hall–Kier alpha value is -1.24. The standard InChI is InChI=1S/C16H22N2O2S2/c1-15(2,3)12(19)9-21-14(11(7-17)8-18)22-10-13(20)16(4,5)6/h9-10H2,1-6H3. The van der Waals surface area contributed by atoms with Gasteiger partial charge in [0.1, 0.15) is 29.3 Å². The van der Waals surface area contributed by atoms with Crippen LogP contribution in [0.3, 0.4) is 0 Å². The molecule has 0 rings (SSSR count). The first-order chi connectivity index (χ1) is 9.93. The van der Waals surface area contributed by atoms with E-state index in [4.69, 9.17) is 10.5 Å². The summed E-state index contributed by atoms with van der Waals surface area (Å²) in [4.78, 5) is 24.0. The maximum absolute atomic E-state index is 12.0. The van der Waals surface area contributed by atoms with Crippen LogP contribution in [0, 0.1) is 33.5 Å². The van der Waals surface area contributed by atoms with Gasteiger partial charge in [-0.15, -0.1) is 23.5 Å². The van der Waals surface area contributed by atoms with E-state index in [-0.39, 0.29) is 28.6 Å². The number of nitrogens with zero attached hydrogens (tertiary/aromatic N) is 2. The van der Waals surface area contributed by atoms with Gasteiger partial charge in [-0.1, -0.05) is 41.5 Å². The van der Waals surface area contributed by atoms with Gasteiger partial charge in [-0.2, -0.15) is 10.5 Å². The van der Waals surface area contributed by atoms with E-state index in [9.17, 15) is 9.59 Å². The highest BCUT2D eigenvalue weighted by Gasteiger charge is 2.24. The van der Waals surface area contributed by atoms with Gasteiger partial charge in [0, 0.05) is 10.8 Å². The number of carbonyl (C=O) groups is 2. The van der Waals surface area contributed by atoms with E-state index in [1.165, 1.54) is 0 Å². The maximum Gasteiger partial charge on any atom is 0.149 e. The van der Waals surface area contributed by atoms with Crippen molar-refractivity contribution in [3.8, 4) is 12.1 Å². The molecule has 0 aliphatic heterocycles. The minimum atomic E-state index is -0.469. The molecule has 0 atom stereocenters. The van der Waals surface area contributed by atoms with Crippen molar-refractivity contribution in [2.24, 2.45) is 10.8 Å². The highest BCUT2D eigenvalue weighted by atomic mass is 32.2. The summed E-state index contributed by atoms with van der Waals surface area (Å²) >= 11 is 2.32. The number of ketones is 2. The third-order valence-electron chi connectivity index (χ3n) is 2.77. The first-order valence-electron chi connectivity index (χ1n) is 6.80. The molecule has 0 fully saturated rings. The van der Waals surface area contributed by atoms with Crippen molar-refractivity contribution >= 4 is 35.1 Å². The molecule has 0 radical (unpaired) electrons. The molecule has 0 spiro atoms. The molecule has 0 saturated carbocycles. The van der Waals surface area contributed by atoms with E-state index in [0.717, 1.165) is 23.5 Å². The van der Waals surface area contributed by atoms with Crippen LogP contribution in [0.15, 0.2) is 9.81 Å². The average molecular weight is 338 g/mol. The molecule has 0 amide bonds. The summed E-state index contributed by atoms with van der Waals surface area (Å²) in [6, 6.07) is 3.66. The van der Waals surface area contributed by atoms with Gasteiger partial charge in [0.25, 0.3) is 0 Å². The first-order valence-corrected chi connectivity index (χ1v) is 8.77. The van der Waals surface area contributed by atoms with Crippen molar-refractivity contribution in [1.82, 2.24) is 0 Å². The largest absolute Gasteiger partial charge is 0.298 e. The van der Waals surface area contributed by atoms with E-state index < -0.39 is 10.8 Å². The van der Waals surface area contributed by atoms with Crippen molar-refractivity contribution in [1.29, 1.82) is 10.5 Å². The molecule has 120 valence electrons. The third-order valence-corrected chi connectivity index (χ3v) is 5.22. The van der Waals surface area contributed by atoms with Gasteiger partial charge in [0.2, 0.25) is 0 Å². The summed E-state index contributed by atoms with van der Waals surface area (Å²) in [5, 5.41) is 18.0. The number of carbonyl (C=O) groups excluding carboxylic acids is 2. The zero-order valence-corrected chi connectivity index (χ0v) is 15.6. The molecule has 0 aromatic heterocycles. The zero-order valence-electron chi connectivity index (χ0n) is 13.9. The molecule has 0 heterocycles. The molecule has 0 unspecified atom stereocenters. The van der Waals surface area contributed by atoms with Crippen LogP contribution in [0.25, 0.3) is 0 Å². The third kappa shape index (κ3) is 7.15. The summed E-state index contributed by atoms with van der Waals surface area (Å²) in [6.45, 7) is 10.9. The lowest BCUT2D eigenvalue weighted by atomic mass is 9.92. The molecular weight excluding hydrogens is 316 g/mol. The molecule has 0 aliphatic carbocycles. The Balaban J connectivity index is 5.03. The van der Waals surface area contributed by atoms with Gasteiger partial charge in [-0.05, 0) is 0 Å². The number of thioether (sulfide) groups is 2. The summed E-state index contributed by atoms with van der Waals surface area (Å²) in [6.07, 6.45) is 0. The minimum absolute atomic E-state index is 0.0352. The van der Waals surface area contributed by atoms with Gasteiger partial charge in [-0.25, -0.2) is 0 Å². The first kappa shape index (κ1) is 20.8. The molecule has 6 heteroatoms. The summed E-state index contributed by atoms with van der Waals surface area (Å²) in [7, 11) is 0. The van der Waals surface area contributed by atoms with Crippen molar-refractivity contribution in [2.45, 2.75) is 41.5 Å². The smallest absolute Gasteiger partial charge is 0.149 e. The van der Waals surface area contributed by atoms with E-state index in [2.05, 4.69) is 0 Å². The monoisotopic (exact) mass is 338 g/mol. The van der Waals surface area contributed by atoms with Crippen LogP contribution in [0.1, 0.15) is 41.5 Å². The van der Waals surface area contributed by atoms with Crippen LogP contribution in [0.4, 0.5) is 0 Å². The van der Waals surface area contributed by atoms with Crippen LogP contribution in [0.5, 0.6) is 0 Å². The molecule has 0 aliphatic rings. The van der Waals surface area contributed by atoms with Crippen molar-refractivity contribution in [2.75, 3.05) is 11.5 Å². The highest BCUT2D eigenvalue weighted by molar-refractivity contribution is 8.22. The maximum atomic E-state index is 12.0. The second kappa shape index (κ2) is 8.41. The molecule has 4 nitrogen and oxygen atoms in total. The average Bonchev–Trinajstić information content (AvgIpc) is 2.39. The molecule has 0 N–H and O–H groups in total. The number of rotatable bonds is 6. The predicted octanol–water partition coefficient (Wildman–Crippen LogP) is 3.94. The normalized spacial score (nSPS) is 11.3. The van der Waals surface area contributed by atoms with Crippen molar-refractivity contribution in [3.05, 3.63) is 9.81 Å². The minimum Gasteiger partial charge on any atom is -0.298 e. The summed E-state index contributed by atoms with van der Waals surface area (Å²) in [5.41, 5.74) is -0.981. The number of nitriles is 2. The van der Waals surface area contributed by atoms with Gasteiger partial charge in [0.15, 0.2) is 0 Å². The SMILES string of the molecule is CC(C)(C)C(=O)CSC(SCC(=O)C(C)(C)C)=C(C#N)C#N. The van der Waals surface area contributed by atoms with Crippen LogP contribution < -0.4 is 0 Å². The van der Waals surface area contributed by atoms with Gasteiger partial charge < -0.3 is 0 Å². The predicted molar refractivity (Wildman–Crippen MR) is 92.1 cm³/mol. The molecule has 0 aromatic carbocycles. The Bertz CT molecular complexity index is 505. The molecule has 0 saturated heterocycles. The van der Waals surface area contributed by atoms with Crippen LogP contribution in [-0.2, 0) is 9.59 Å². The number of allylic oxidation sites excluding steroid dienone is 1.